The normalized spacial score (nSPS) is 10.2. The van der Waals surface area contributed by atoms with Crippen molar-refractivity contribution >= 4 is 0 Å². The highest BCUT2D eigenvalue weighted by atomic mass is 16.5. The van der Waals surface area contributed by atoms with Crippen molar-refractivity contribution in [1.82, 2.24) is 5.32 Å². The third-order valence-corrected chi connectivity index (χ3v) is 2.17. The van der Waals surface area contributed by atoms with E-state index in [1.807, 2.05) is 14.0 Å². The van der Waals surface area contributed by atoms with Crippen molar-refractivity contribution < 1.29 is 4.74 Å². The van der Waals surface area contributed by atoms with E-state index < -0.39 is 0 Å². The van der Waals surface area contributed by atoms with Crippen molar-refractivity contribution in [2.24, 2.45) is 0 Å². The van der Waals surface area contributed by atoms with E-state index >= 15 is 0 Å². The number of rotatable bonds is 5. The van der Waals surface area contributed by atoms with E-state index in [2.05, 4.69) is 30.4 Å². The first-order valence-corrected chi connectivity index (χ1v) is 5.15. The second-order valence-electron chi connectivity index (χ2n) is 3.40. The topological polar surface area (TPSA) is 21.3 Å². The average Bonchev–Trinajstić information content (AvgIpc) is 2.17. The summed E-state index contributed by atoms with van der Waals surface area (Å²) in [5, 5.41) is 3.14. The fourth-order valence-corrected chi connectivity index (χ4v) is 1.42. The number of aryl methyl sites for hydroxylation is 1. The zero-order valence-corrected chi connectivity index (χ0v) is 9.26. The van der Waals surface area contributed by atoms with Crippen LogP contribution in [0.15, 0.2) is 18.2 Å². The minimum Gasteiger partial charge on any atom is -0.494 e. The predicted molar refractivity (Wildman–Crippen MR) is 60.0 cm³/mol. The third-order valence-electron chi connectivity index (χ3n) is 2.17. The van der Waals surface area contributed by atoms with Gasteiger partial charge in [-0.25, -0.2) is 0 Å². The number of likely N-dealkylation sites (N-methyl/N-ethyl adjacent to an activating group) is 1. The summed E-state index contributed by atoms with van der Waals surface area (Å²) in [6.45, 7) is 5.83. The number of nitrogens with one attached hydrogen (secondary N) is 1. The number of hydrogen-bond donors (Lipinski definition) is 1. The van der Waals surface area contributed by atoms with E-state index in [1.165, 1.54) is 11.1 Å². The lowest BCUT2D eigenvalue weighted by Crippen LogP contribution is -2.11. The van der Waals surface area contributed by atoms with Crippen molar-refractivity contribution in [2.75, 3.05) is 20.2 Å². The van der Waals surface area contributed by atoms with Gasteiger partial charge in [-0.1, -0.05) is 12.1 Å². The molecule has 0 saturated heterocycles. The molecule has 0 aliphatic heterocycles. The number of hydrogen-bond acceptors (Lipinski definition) is 2. The van der Waals surface area contributed by atoms with Gasteiger partial charge in [0, 0.05) is 0 Å². The first kappa shape index (κ1) is 11.1. The molecule has 14 heavy (non-hydrogen) atoms. The van der Waals surface area contributed by atoms with Crippen LogP contribution < -0.4 is 10.1 Å². The van der Waals surface area contributed by atoms with Crippen molar-refractivity contribution in [2.45, 2.75) is 20.3 Å². The SMILES string of the molecule is CCOc1cc(C)ccc1CCNC. The summed E-state index contributed by atoms with van der Waals surface area (Å²) in [5.74, 6) is 1.03. The van der Waals surface area contributed by atoms with Gasteiger partial charge >= 0.3 is 0 Å². The lowest BCUT2D eigenvalue weighted by Gasteiger charge is -2.10. The smallest absolute Gasteiger partial charge is 0.122 e. The molecule has 1 aromatic rings. The Morgan fingerprint density at radius 1 is 1.36 bits per heavy atom. The molecule has 0 amide bonds. The Labute approximate surface area is 86.3 Å². The summed E-state index contributed by atoms with van der Waals surface area (Å²) in [6.07, 6.45) is 1.02. The van der Waals surface area contributed by atoms with Crippen molar-refractivity contribution in [3.63, 3.8) is 0 Å². The Hall–Kier alpha value is -1.02. The molecule has 0 aliphatic carbocycles. The fraction of sp³-hybridized carbons (Fsp3) is 0.500. The van der Waals surface area contributed by atoms with E-state index in [-0.39, 0.29) is 0 Å². The molecule has 0 spiro atoms. The maximum Gasteiger partial charge on any atom is 0.122 e. The van der Waals surface area contributed by atoms with E-state index in [1.54, 1.807) is 0 Å². The summed E-state index contributed by atoms with van der Waals surface area (Å²) < 4.78 is 5.59. The van der Waals surface area contributed by atoms with Crippen LogP contribution in [0.4, 0.5) is 0 Å². The quantitative estimate of drug-likeness (QED) is 0.773. The molecule has 0 saturated carbocycles. The van der Waals surface area contributed by atoms with Gasteiger partial charge in [0.1, 0.15) is 5.75 Å². The molecular weight excluding hydrogens is 174 g/mol. The highest BCUT2D eigenvalue weighted by molar-refractivity contribution is 5.37. The fourth-order valence-electron chi connectivity index (χ4n) is 1.42. The van der Waals surface area contributed by atoms with Crippen LogP contribution in [0.25, 0.3) is 0 Å². The van der Waals surface area contributed by atoms with Crippen LogP contribution in [-0.4, -0.2) is 20.2 Å². The van der Waals surface area contributed by atoms with Gasteiger partial charge < -0.3 is 10.1 Å². The lowest BCUT2D eigenvalue weighted by atomic mass is 10.1. The van der Waals surface area contributed by atoms with Gasteiger partial charge in [0.25, 0.3) is 0 Å². The van der Waals surface area contributed by atoms with E-state index in [0.29, 0.717) is 0 Å². The lowest BCUT2D eigenvalue weighted by molar-refractivity contribution is 0.336. The summed E-state index contributed by atoms with van der Waals surface area (Å²) in [5.41, 5.74) is 2.54. The summed E-state index contributed by atoms with van der Waals surface area (Å²) in [7, 11) is 1.97. The zero-order valence-electron chi connectivity index (χ0n) is 9.26. The van der Waals surface area contributed by atoms with Gasteiger partial charge in [0.05, 0.1) is 6.61 Å². The third kappa shape index (κ3) is 3.04. The Morgan fingerprint density at radius 2 is 2.14 bits per heavy atom. The van der Waals surface area contributed by atoms with Gasteiger partial charge in [0.15, 0.2) is 0 Å². The predicted octanol–water partition coefficient (Wildman–Crippen LogP) is 2.16. The number of benzene rings is 1. The summed E-state index contributed by atoms with van der Waals surface area (Å²) in [6, 6.07) is 6.39. The molecule has 1 rings (SSSR count). The Morgan fingerprint density at radius 3 is 2.79 bits per heavy atom. The minimum atomic E-state index is 0.732. The molecule has 0 atom stereocenters. The highest BCUT2D eigenvalue weighted by Gasteiger charge is 2.02. The van der Waals surface area contributed by atoms with Crippen LogP contribution in [0, 0.1) is 6.92 Å². The molecule has 2 nitrogen and oxygen atoms in total. The van der Waals surface area contributed by atoms with Crippen LogP contribution >= 0.6 is 0 Å². The van der Waals surface area contributed by atoms with Crippen LogP contribution in [-0.2, 0) is 6.42 Å². The van der Waals surface area contributed by atoms with Crippen LogP contribution in [0.3, 0.4) is 0 Å². The second kappa shape index (κ2) is 5.66. The van der Waals surface area contributed by atoms with Crippen molar-refractivity contribution in [3.05, 3.63) is 29.3 Å². The van der Waals surface area contributed by atoms with E-state index in [4.69, 9.17) is 4.74 Å². The molecule has 0 radical (unpaired) electrons. The first-order chi connectivity index (χ1) is 6.77. The first-order valence-electron chi connectivity index (χ1n) is 5.15. The molecule has 0 fully saturated rings. The molecule has 0 aliphatic rings. The molecule has 0 aromatic heterocycles. The highest BCUT2D eigenvalue weighted by Crippen LogP contribution is 2.20. The van der Waals surface area contributed by atoms with Gasteiger partial charge in [-0.15, -0.1) is 0 Å². The van der Waals surface area contributed by atoms with E-state index in [0.717, 1.165) is 25.3 Å². The average molecular weight is 193 g/mol. The van der Waals surface area contributed by atoms with Gasteiger partial charge in [-0.2, -0.15) is 0 Å². The molecule has 2 heteroatoms. The molecular formula is C12H19NO. The zero-order chi connectivity index (χ0) is 10.4. The molecule has 78 valence electrons. The molecule has 0 heterocycles. The van der Waals surface area contributed by atoms with Crippen molar-refractivity contribution in [3.8, 4) is 5.75 Å². The van der Waals surface area contributed by atoms with Crippen LogP contribution in [0.5, 0.6) is 5.75 Å². The Balaban J connectivity index is 2.78. The molecule has 1 aromatic carbocycles. The van der Waals surface area contributed by atoms with Gasteiger partial charge in [-0.05, 0) is 51.1 Å². The molecule has 1 N–H and O–H groups in total. The maximum absolute atomic E-state index is 5.59. The van der Waals surface area contributed by atoms with Crippen LogP contribution in [0.2, 0.25) is 0 Å². The van der Waals surface area contributed by atoms with E-state index in [9.17, 15) is 0 Å². The minimum absolute atomic E-state index is 0.732. The maximum atomic E-state index is 5.59. The van der Waals surface area contributed by atoms with Crippen molar-refractivity contribution in [1.29, 1.82) is 0 Å². The molecule has 0 unspecified atom stereocenters. The summed E-state index contributed by atoms with van der Waals surface area (Å²) in [4.78, 5) is 0. The Bertz CT molecular complexity index is 284. The standard InChI is InChI=1S/C12H19NO/c1-4-14-12-9-10(2)5-6-11(12)7-8-13-3/h5-6,9,13H,4,7-8H2,1-3H3. The van der Waals surface area contributed by atoms with Gasteiger partial charge in [-0.3, -0.25) is 0 Å². The summed E-state index contributed by atoms with van der Waals surface area (Å²) >= 11 is 0. The van der Waals surface area contributed by atoms with Crippen LogP contribution in [0.1, 0.15) is 18.1 Å². The monoisotopic (exact) mass is 193 g/mol. The van der Waals surface area contributed by atoms with Gasteiger partial charge in [0.2, 0.25) is 0 Å². The largest absolute Gasteiger partial charge is 0.494 e. The Kier molecular flexibility index (Phi) is 4.47. The second-order valence-corrected chi connectivity index (χ2v) is 3.40. The number of ether oxygens (including phenoxy) is 1. The molecule has 0 bridgehead atoms.